The second-order valence-electron chi connectivity index (χ2n) is 8.32. The average molecular weight is 405 g/mol. The van der Waals surface area contributed by atoms with E-state index < -0.39 is 0 Å². The summed E-state index contributed by atoms with van der Waals surface area (Å²) in [6, 6.07) is 21.6. The third-order valence-electron chi connectivity index (χ3n) is 6.29. The monoisotopic (exact) mass is 404 g/mol. The first kappa shape index (κ1) is 19.2. The SMILES string of the molecule is CC1CCn2c3ccccc3c3c(C#N)c(C#N)c4c5ccccc5n1c4c32.CCC. The Kier molecular flexibility index (Phi) is 4.45. The summed E-state index contributed by atoms with van der Waals surface area (Å²) in [6.07, 6.45) is 2.25. The van der Waals surface area contributed by atoms with E-state index in [-0.39, 0.29) is 0 Å². The van der Waals surface area contributed by atoms with Gasteiger partial charge in [-0.1, -0.05) is 56.7 Å². The molecular weight excluding hydrogens is 380 g/mol. The predicted octanol–water partition coefficient (Wildman–Crippen LogP) is 7.03. The summed E-state index contributed by atoms with van der Waals surface area (Å²) in [5, 5.41) is 24.1. The molecule has 6 rings (SSSR count). The van der Waals surface area contributed by atoms with Crippen LogP contribution in [0.25, 0.3) is 43.6 Å². The predicted molar refractivity (Wildman–Crippen MR) is 127 cm³/mol. The highest BCUT2D eigenvalue weighted by molar-refractivity contribution is 6.26. The van der Waals surface area contributed by atoms with Crippen molar-refractivity contribution in [3.8, 4) is 12.1 Å². The zero-order valence-electron chi connectivity index (χ0n) is 18.1. The van der Waals surface area contributed by atoms with Crippen LogP contribution >= 0.6 is 0 Å². The van der Waals surface area contributed by atoms with E-state index in [2.05, 4.69) is 66.3 Å². The molecule has 3 aromatic carbocycles. The Morgan fingerprint density at radius 1 is 0.839 bits per heavy atom. The Morgan fingerprint density at radius 2 is 1.35 bits per heavy atom. The van der Waals surface area contributed by atoms with Gasteiger partial charge in [-0.2, -0.15) is 10.5 Å². The van der Waals surface area contributed by atoms with Crippen molar-refractivity contribution in [2.45, 2.75) is 46.2 Å². The van der Waals surface area contributed by atoms with E-state index in [1.54, 1.807) is 0 Å². The Labute approximate surface area is 181 Å². The zero-order valence-corrected chi connectivity index (χ0v) is 18.1. The molecule has 4 heteroatoms. The Balaban J connectivity index is 0.000000646. The molecule has 152 valence electrons. The van der Waals surface area contributed by atoms with Crippen molar-refractivity contribution in [3.05, 3.63) is 59.7 Å². The van der Waals surface area contributed by atoms with Gasteiger partial charge in [0.05, 0.1) is 22.2 Å². The highest BCUT2D eigenvalue weighted by Gasteiger charge is 2.29. The quantitative estimate of drug-likeness (QED) is 0.278. The van der Waals surface area contributed by atoms with Crippen molar-refractivity contribution < 1.29 is 0 Å². The maximum Gasteiger partial charge on any atom is 0.101 e. The number of aryl methyl sites for hydroxylation is 1. The molecule has 0 aliphatic carbocycles. The molecule has 0 fully saturated rings. The first-order valence-electron chi connectivity index (χ1n) is 11.0. The lowest BCUT2D eigenvalue weighted by atomic mass is 9.96. The van der Waals surface area contributed by atoms with Crippen LogP contribution in [0.5, 0.6) is 0 Å². The minimum Gasteiger partial charge on any atom is -0.339 e. The standard InChI is InChI=1S/C24H16N4.C3H8/c1-14-10-11-27-19-8-4-2-6-15(19)21-17(12-25)18(13-26)22-16-7-3-5-9-20(16)28(14)24(22)23(21)27;1-3-2/h2-9,14H,10-11H2,1H3;3H2,1-2H3. The van der Waals surface area contributed by atoms with Crippen LogP contribution in [0.3, 0.4) is 0 Å². The summed E-state index contributed by atoms with van der Waals surface area (Å²) in [7, 11) is 0. The summed E-state index contributed by atoms with van der Waals surface area (Å²) in [5.74, 6) is 0. The van der Waals surface area contributed by atoms with Gasteiger partial charge in [-0.3, -0.25) is 0 Å². The fourth-order valence-electron chi connectivity index (χ4n) is 5.16. The second kappa shape index (κ2) is 7.18. The average Bonchev–Trinajstić information content (AvgIpc) is 3.25. The smallest absolute Gasteiger partial charge is 0.101 e. The van der Waals surface area contributed by atoms with Gasteiger partial charge in [0.2, 0.25) is 0 Å². The van der Waals surface area contributed by atoms with Crippen LogP contribution in [0.4, 0.5) is 0 Å². The third kappa shape index (κ3) is 2.46. The number of rotatable bonds is 0. The first-order chi connectivity index (χ1) is 15.2. The minimum absolute atomic E-state index is 0.309. The molecule has 0 N–H and O–H groups in total. The normalized spacial score (nSPS) is 15.1. The molecule has 1 aliphatic heterocycles. The van der Waals surface area contributed by atoms with E-state index in [4.69, 9.17) is 0 Å². The summed E-state index contributed by atoms with van der Waals surface area (Å²) in [6.45, 7) is 7.39. The number of benzene rings is 3. The lowest BCUT2D eigenvalue weighted by molar-refractivity contribution is 0.506. The largest absolute Gasteiger partial charge is 0.339 e. The van der Waals surface area contributed by atoms with Crippen molar-refractivity contribution >= 4 is 43.6 Å². The van der Waals surface area contributed by atoms with Gasteiger partial charge in [0.15, 0.2) is 0 Å². The summed E-state index contributed by atoms with van der Waals surface area (Å²) in [5.41, 5.74) is 5.45. The van der Waals surface area contributed by atoms with Gasteiger partial charge in [0.25, 0.3) is 0 Å². The van der Waals surface area contributed by atoms with Gasteiger partial charge in [0.1, 0.15) is 12.1 Å². The maximum absolute atomic E-state index is 10.1. The van der Waals surface area contributed by atoms with Gasteiger partial charge in [-0.15, -0.1) is 0 Å². The number of fused-ring (bicyclic) bond motifs is 6. The molecule has 1 unspecified atom stereocenters. The molecule has 0 radical (unpaired) electrons. The van der Waals surface area contributed by atoms with Crippen LogP contribution in [-0.2, 0) is 6.54 Å². The van der Waals surface area contributed by atoms with E-state index in [0.717, 1.165) is 56.6 Å². The summed E-state index contributed by atoms with van der Waals surface area (Å²) >= 11 is 0. The lowest BCUT2D eigenvalue weighted by Crippen LogP contribution is -2.05. The first-order valence-corrected chi connectivity index (χ1v) is 11.0. The maximum atomic E-state index is 10.1. The summed E-state index contributed by atoms with van der Waals surface area (Å²) < 4.78 is 4.74. The number of nitriles is 2. The molecule has 31 heavy (non-hydrogen) atoms. The highest BCUT2D eigenvalue weighted by Crippen LogP contribution is 2.45. The van der Waals surface area contributed by atoms with Gasteiger partial charge < -0.3 is 9.13 Å². The molecule has 0 bridgehead atoms. The van der Waals surface area contributed by atoms with Crippen LogP contribution < -0.4 is 0 Å². The number of aromatic nitrogens is 2. The molecule has 0 saturated heterocycles. The molecule has 2 aromatic heterocycles. The molecule has 1 atom stereocenters. The molecule has 3 heterocycles. The number of para-hydroxylation sites is 2. The van der Waals surface area contributed by atoms with Gasteiger partial charge in [-0.25, -0.2) is 0 Å². The fraction of sp³-hybridized carbons (Fsp3) is 0.259. The third-order valence-corrected chi connectivity index (χ3v) is 6.29. The number of hydrogen-bond acceptors (Lipinski definition) is 2. The zero-order chi connectivity index (χ0) is 21.7. The van der Waals surface area contributed by atoms with E-state index in [9.17, 15) is 10.5 Å². The van der Waals surface area contributed by atoms with Gasteiger partial charge in [-0.05, 0) is 25.5 Å². The van der Waals surface area contributed by atoms with Crippen molar-refractivity contribution in [2.24, 2.45) is 0 Å². The Morgan fingerprint density at radius 3 is 1.97 bits per heavy atom. The van der Waals surface area contributed by atoms with Crippen LogP contribution in [-0.4, -0.2) is 9.13 Å². The van der Waals surface area contributed by atoms with E-state index >= 15 is 0 Å². The van der Waals surface area contributed by atoms with Crippen molar-refractivity contribution in [1.29, 1.82) is 10.5 Å². The molecule has 0 amide bonds. The topological polar surface area (TPSA) is 57.4 Å². The molecular formula is C27H24N4. The van der Waals surface area contributed by atoms with Crippen molar-refractivity contribution in [3.63, 3.8) is 0 Å². The molecule has 5 aromatic rings. The van der Waals surface area contributed by atoms with Crippen LogP contribution in [0.1, 0.15) is 50.8 Å². The molecule has 0 saturated carbocycles. The summed E-state index contributed by atoms with van der Waals surface area (Å²) in [4.78, 5) is 0. The lowest BCUT2D eigenvalue weighted by Gasteiger charge is -2.14. The van der Waals surface area contributed by atoms with Crippen molar-refractivity contribution in [2.75, 3.05) is 0 Å². The minimum atomic E-state index is 0.309. The van der Waals surface area contributed by atoms with E-state index in [1.807, 2.05) is 24.3 Å². The Hall–Kier alpha value is -3.76. The molecule has 4 nitrogen and oxygen atoms in total. The second-order valence-corrected chi connectivity index (χ2v) is 8.32. The van der Waals surface area contributed by atoms with Gasteiger partial charge >= 0.3 is 0 Å². The fourth-order valence-corrected chi connectivity index (χ4v) is 5.16. The highest BCUT2D eigenvalue weighted by atomic mass is 15.1. The molecule has 0 spiro atoms. The van der Waals surface area contributed by atoms with Crippen molar-refractivity contribution in [1.82, 2.24) is 9.13 Å². The number of nitrogens with zero attached hydrogens (tertiary/aromatic N) is 4. The van der Waals surface area contributed by atoms with Crippen LogP contribution in [0.15, 0.2) is 48.5 Å². The van der Waals surface area contributed by atoms with Crippen LogP contribution in [0.2, 0.25) is 0 Å². The van der Waals surface area contributed by atoms with E-state index in [0.29, 0.717) is 17.2 Å². The van der Waals surface area contributed by atoms with Crippen LogP contribution in [0, 0.1) is 22.7 Å². The van der Waals surface area contributed by atoms with Gasteiger partial charge in [0, 0.05) is 45.2 Å². The number of hydrogen-bond donors (Lipinski definition) is 0. The van der Waals surface area contributed by atoms with E-state index in [1.165, 1.54) is 6.42 Å². The molecule has 1 aliphatic rings. The Bertz CT molecular complexity index is 1570.